The van der Waals surface area contributed by atoms with E-state index in [9.17, 15) is 18.5 Å². The summed E-state index contributed by atoms with van der Waals surface area (Å²) in [5.41, 5.74) is 13.8. The van der Waals surface area contributed by atoms with Crippen LogP contribution in [0.5, 0.6) is 0 Å². The second-order valence-electron chi connectivity index (χ2n) is 17.0. The fourth-order valence-electron chi connectivity index (χ4n) is 9.32. The lowest BCUT2D eigenvalue weighted by Gasteiger charge is -2.19. The molecule has 1 unspecified atom stereocenters. The fraction of sp³-hybridized carbons (Fsp3) is 0.123. The number of rotatable bonds is 12. The van der Waals surface area contributed by atoms with Gasteiger partial charge < -0.3 is 9.97 Å². The summed E-state index contributed by atoms with van der Waals surface area (Å²) in [6.07, 6.45) is 10.6. The predicted octanol–water partition coefficient (Wildman–Crippen LogP) is 14.6. The molecule has 8 aromatic rings. The Morgan fingerprint density at radius 2 is 0.985 bits per heavy atom. The molecule has 67 heavy (non-hydrogen) atoms. The number of hydrogen-bond donors (Lipinski definition) is 2. The van der Waals surface area contributed by atoms with E-state index in [2.05, 4.69) is 53.3 Å². The number of nitrogens with one attached hydrogen (secondary N) is 2. The lowest BCUT2D eigenvalue weighted by atomic mass is 9.97. The zero-order valence-corrected chi connectivity index (χ0v) is 37.9. The van der Waals surface area contributed by atoms with E-state index < -0.39 is 20.0 Å². The monoisotopic (exact) mass is 897 g/mol. The van der Waals surface area contributed by atoms with Gasteiger partial charge in [-0.05, 0) is 108 Å². The van der Waals surface area contributed by atoms with Gasteiger partial charge in [0.1, 0.15) is 0 Å². The van der Waals surface area contributed by atoms with Gasteiger partial charge in [0, 0.05) is 56.0 Å². The molecule has 2 aliphatic heterocycles. The van der Waals surface area contributed by atoms with Gasteiger partial charge >= 0.3 is 0 Å². The minimum absolute atomic E-state index is 0.134. The molecular formula is C57H47N5O4S. The molecule has 10 rings (SSSR count). The number of benzene rings is 5. The molecule has 9 nitrogen and oxygen atoms in total. The van der Waals surface area contributed by atoms with Crippen LogP contribution in [0.15, 0.2) is 163 Å². The molecule has 8 bridgehead atoms. The molecule has 0 amide bonds. The van der Waals surface area contributed by atoms with Crippen molar-refractivity contribution in [1.82, 2.24) is 19.9 Å². The summed E-state index contributed by atoms with van der Waals surface area (Å²) in [6, 6.07) is 50.2. The van der Waals surface area contributed by atoms with Gasteiger partial charge in [0.25, 0.3) is 5.69 Å². The van der Waals surface area contributed by atoms with Gasteiger partial charge in [0.05, 0.1) is 37.8 Å². The van der Waals surface area contributed by atoms with Gasteiger partial charge in [-0.3, -0.25) is 10.1 Å². The number of nitro benzene ring substituents is 1. The fourth-order valence-corrected chi connectivity index (χ4v) is 11.2. The molecule has 10 heteroatoms. The van der Waals surface area contributed by atoms with Gasteiger partial charge in [-0.1, -0.05) is 135 Å². The van der Waals surface area contributed by atoms with Crippen molar-refractivity contribution in [2.75, 3.05) is 0 Å². The van der Waals surface area contributed by atoms with Crippen molar-refractivity contribution in [2.45, 2.75) is 49.7 Å². The highest BCUT2D eigenvalue weighted by atomic mass is 32.2. The van der Waals surface area contributed by atoms with Crippen LogP contribution in [0.1, 0.15) is 71.8 Å². The van der Waals surface area contributed by atoms with E-state index in [4.69, 9.17) is 9.97 Å². The largest absolute Gasteiger partial charge is 0.354 e. The average molecular weight is 898 g/mol. The third-order valence-corrected chi connectivity index (χ3v) is 14.8. The molecule has 0 radical (unpaired) electrons. The molecule has 5 aromatic carbocycles. The lowest BCUT2D eigenvalue weighted by molar-refractivity contribution is -0.385. The van der Waals surface area contributed by atoms with E-state index in [0.717, 1.165) is 85.6 Å². The van der Waals surface area contributed by atoms with Crippen molar-refractivity contribution in [3.63, 3.8) is 0 Å². The summed E-state index contributed by atoms with van der Waals surface area (Å²) in [5.74, 6) is 0. The number of hydrogen-bond acceptors (Lipinski definition) is 6. The molecule has 0 saturated heterocycles. The Morgan fingerprint density at radius 3 is 1.45 bits per heavy atom. The first-order valence-electron chi connectivity index (χ1n) is 22.6. The number of nitro groups is 1. The first-order valence-corrected chi connectivity index (χ1v) is 24.1. The molecule has 330 valence electrons. The van der Waals surface area contributed by atoms with Crippen LogP contribution in [0, 0.1) is 17.0 Å². The average Bonchev–Trinajstić information content (AvgIpc) is 4.20. The Hall–Kier alpha value is -7.95. The molecule has 3 aromatic heterocycles. The quantitative estimate of drug-likeness (QED) is 0.0712. The number of sulfone groups is 1. The molecule has 0 aliphatic carbocycles. The summed E-state index contributed by atoms with van der Waals surface area (Å²) < 4.78 is 29.5. The smallest absolute Gasteiger partial charge is 0.273 e. The summed E-state index contributed by atoms with van der Waals surface area (Å²) >= 11 is 0. The maximum Gasteiger partial charge on any atom is 0.273 e. The zero-order chi connectivity index (χ0) is 46.1. The van der Waals surface area contributed by atoms with Crippen LogP contribution in [0.25, 0.3) is 90.9 Å². The van der Waals surface area contributed by atoms with Crippen molar-refractivity contribution < 1.29 is 13.3 Å². The van der Waals surface area contributed by atoms with E-state index in [-0.39, 0.29) is 22.6 Å². The summed E-state index contributed by atoms with van der Waals surface area (Å²) in [5, 5.41) is 11.8. The third kappa shape index (κ3) is 8.32. The van der Waals surface area contributed by atoms with Crippen LogP contribution in [0.3, 0.4) is 0 Å². The number of unbranched alkanes of at least 4 members (excludes halogenated alkanes) is 2. The van der Waals surface area contributed by atoms with Gasteiger partial charge in [0.15, 0.2) is 9.84 Å². The number of fused-ring (bicyclic) bond motifs is 8. The highest BCUT2D eigenvalue weighted by Crippen LogP contribution is 2.43. The summed E-state index contributed by atoms with van der Waals surface area (Å²) in [7, 11) is -4.08. The highest BCUT2D eigenvalue weighted by Gasteiger charge is 2.34. The minimum Gasteiger partial charge on any atom is -0.354 e. The van der Waals surface area contributed by atoms with Crippen molar-refractivity contribution in [2.24, 2.45) is 0 Å². The van der Waals surface area contributed by atoms with E-state index in [1.165, 1.54) is 6.07 Å². The van der Waals surface area contributed by atoms with Crippen molar-refractivity contribution >= 4 is 61.9 Å². The molecule has 2 aliphatic rings. The van der Waals surface area contributed by atoms with Gasteiger partial charge in [0.2, 0.25) is 0 Å². The zero-order valence-electron chi connectivity index (χ0n) is 37.1. The minimum atomic E-state index is -4.08. The van der Waals surface area contributed by atoms with E-state index in [1.54, 1.807) is 36.4 Å². The SMILES string of the molecule is CCCCCC(c1cc(-c2c3ccc([nH]3)c(-c3ccccc3)c3nc(c(-c4ccccc4)c4nc(c(-c5ccccc5)c5ccc2[nH]5)C=C4)C=C3)ccc1[N+](=O)[O-])S(=O)(=O)c1ccc(C)cc1. The highest BCUT2D eigenvalue weighted by molar-refractivity contribution is 7.91. The standard InChI is InChI=1S/C57H47N5O4S/c1-3-4-8-21-53(67(65,66)42-25-22-37(2)23-26-42)43-36-41(24-35-52(43)62(63)64)57-50-33-31-48(60-50)55(39-17-11-6-12-18-39)46-29-27-44(58-46)54(38-15-9-5-10-16-38)45-28-30-47(59-45)56(40-19-13-7-14-20-40)49-32-34-51(57)61-49/h5-7,9-20,22-36,53,60-61H,3-4,8,21H2,1-2H3. The van der Waals surface area contributed by atoms with E-state index in [0.29, 0.717) is 28.6 Å². The van der Waals surface area contributed by atoms with Gasteiger partial charge in [-0.25, -0.2) is 18.4 Å². The van der Waals surface area contributed by atoms with Crippen LogP contribution in [0.2, 0.25) is 0 Å². The van der Waals surface area contributed by atoms with Gasteiger partial charge in [-0.15, -0.1) is 0 Å². The van der Waals surface area contributed by atoms with Crippen LogP contribution in [0.4, 0.5) is 5.69 Å². The summed E-state index contributed by atoms with van der Waals surface area (Å²) in [4.78, 5) is 30.8. The molecular weight excluding hydrogens is 851 g/mol. The number of aryl methyl sites for hydroxylation is 1. The second kappa shape index (κ2) is 18.1. The Balaban J connectivity index is 1.32. The van der Waals surface area contributed by atoms with Crippen LogP contribution in [-0.4, -0.2) is 33.3 Å². The van der Waals surface area contributed by atoms with Crippen LogP contribution >= 0.6 is 0 Å². The molecule has 1 atom stereocenters. The Bertz CT molecular complexity index is 3390. The molecule has 0 spiro atoms. The van der Waals surface area contributed by atoms with Crippen molar-refractivity contribution in [1.29, 1.82) is 0 Å². The number of aromatic nitrogens is 4. The van der Waals surface area contributed by atoms with E-state index in [1.807, 2.05) is 110 Å². The van der Waals surface area contributed by atoms with Gasteiger partial charge in [-0.2, -0.15) is 0 Å². The van der Waals surface area contributed by atoms with Crippen molar-refractivity contribution in [3.05, 3.63) is 202 Å². The van der Waals surface area contributed by atoms with Crippen molar-refractivity contribution in [3.8, 4) is 44.5 Å². The summed E-state index contributed by atoms with van der Waals surface area (Å²) in [6.45, 7) is 3.95. The number of H-pyrrole nitrogens is 2. The number of nitrogens with zero attached hydrogens (tertiary/aromatic N) is 3. The lowest BCUT2D eigenvalue weighted by Crippen LogP contribution is -2.16. The first-order chi connectivity index (χ1) is 32.7. The maximum atomic E-state index is 14.8. The topological polar surface area (TPSA) is 135 Å². The predicted molar refractivity (Wildman–Crippen MR) is 273 cm³/mol. The normalized spacial score (nSPS) is 12.6. The Labute approximate surface area is 389 Å². The third-order valence-electron chi connectivity index (χ3n) is 12.6. The Morgan fingerprint density at radius 1 is 0.537 bits per heavy atom. The molecule has 0 saturated carbocycles. The number of aromatic amines is 2. The molecule has 2 N–H and O–H groups in total. The first kappa shape index (κ1) is 43.0. The maximum absolute atomic E-state index is 14.8. The van der Waals surface area contributed by atoms with Crippen LogP contribution < -0.4 is 0 Å². The van der Waals surface area contributed by atoms with E-state index >= 15 is 0 Å². The molecule has 5 heterocycles. The molecule has 0 fully saturated rings. The Kier molecular flexibility index (Phi) is 11.6. The van der Waals surface area contributed by atoms with Crippen LogP contribution in [-0.2, 0) is 9.84 Å². The second-order valence-corrected chi connectivity index (χ2v) is 19.1.